The van der Waals surface area contributed by atoms with Crippen LogP contribution in [0.15, 0.2) is 111 Å². The second-order valence-electron chi connectivity index (χ2n) is 16.5. The van der Waals surface area contributed by atoms with Crippen molar-refractivity contribution in [3.8, 4) is 0 Å². The summed E-state index contributed by atoms with van der Waals surface area (Å²) in [4.78, 5) is 41.1. The van der Waals surface area contributed by atoms with Crippen LogP contribution in [-0.4, -0.2) is 77.8 Å². The Morgan fingerprint density at radius 2 is 1.78 bits per heavy atom. The van der Waals surface area contributed by atoms with Gasteiger partial charge in [0.1, 0.15) is 29.8 Å². The highest BCUT2D eigenvalue weighted by atomic mass is 79.9. The summed E-state index contributed by atoms with van der Waals surface area (Å²) >= 11 is 3.26. The Kier molecular flexibility index (Phi) is 12.9. The van der Waals surface area contributed by atoms with E-state index in [0.717, 1.165) is 12.0 Å². The minimum Gasteiger partial charge on any atom is -0.462 e. The molecule has 2 N–H and O–H groups in total. The Morgan fingerprint density at radius 3 is 2.51 bits per heavy atom. The van der Waals surface area contributed by atoms with Gasteiger partial charge in [0.05, 0.1) is 18.8 Å². The van der Waals surface area contributed by atoms with Crippen LogP contribution in [-0.2, 0) is 33.2 Å². The molecule has 1 aromatic carbocycles. The smallest absolute Gasteiger partial charge is 0.412 e. The normalized spacial score (nSPS) is 37.4. The molecule has 2 aromatic rings. The fourth-order valence-corrected chi connectivity index (χ4v) is 9.17. The zero-order valence-electron chi connectivity index (χ0n) is 34.3. The standard InChI is InChI=1S/C46H54BrNO11/c1-7-26(2)39-29(5)20-21-45(59-39)24-34-23-33(58-45)17-16-28(4)38(56-43(50)36-18-19-37(47)55-36)27(3)12-11-13-31-25-53-41-40(57-44(51)48-32-14-9-8-10-15-32)30(6)22-35(42(49)54-34)46(31,41)52/h8-16,18-22,26-27,29,33-35,38-41,52H,7,17,23-25H2,1-6H3,(H,48,51)/b12-11+,28-16+,31-13+/t26-,27-,29-,33+,34-,35-,38-,39+,40+,41+,45+,46+/m0/s1. The third-order valence-corrected chi connectivity index (χ3v) is 12.7. The molecule has 1 aromatic heterocycles. The predicted molar refractivity (Wildman–Crippen MR) is 222 cm³/mol. The second-order valence-corrected chi connectivity index (χ2v) is 17.3. The van der Waals surface area contributed by atoms with Gasteiger partial charge >= 0.3 is 18.0 Å². The first kappa shape index (κ1) is 42.8. The number of carbonyl (C=O) groups excluding carboxylic acids is 3. The molecule has 12 nitrogen and oxygen atoms in total. The lowest BCUT2D eigenvalue weighted by Crippen LogP contribution is -2.59. The van der Waals surface area contributed by atoms with Gasteiger partial charge in [-0.1, -0.05) is 88.8 Å². The molecule has 12 atom stereocenters. The summed E-state index contributed by atoms with van der Waals surface area (Å²) < 4.78 is 44.3. The number of para-hydroxylation sites is 1. The lowest BCUT2D eigenvalue weighted by molar-refractivity contribution is -0.300. The molecule has 13 heteroatoms. The number of rotatable bonds is 6. The first-order valence-electron chi connectivity index (χ1n) is 20.5. The van der Waals surface area contributed by atoms with E-state index in [1.807, 2.05) is 38.1 Å². The number of fused-ring (bicyclic) bond motifs is 2. The van der Waals surface area contributed by atoms with Crippen LogP contribution >= 0.6 is 15.9 Å². The molecule has 4 aliphatic heterocycles. The molecule has 1 aliphatic carbocycles. The Hall–Kier alpha value is -4.27. The molecule has 316 valence electrons. The summed E-state index contributed by atoms with van der Waals surface area (Å²) in [7, 11) is 0. The monoisotopic (exact) mass is 875 g/mol. The van der Waals surface area contributed by atoms with Gasteiger partial charge in [0.25, 0.3) is 0 Å². The van der Waals surface area contributed by atoms with Crippen molar-refractivity contribution in [3.63, 3.8) is 0 Å². The van der Waals surface area contributed by atoms with Crippen molar-refractivity contribution in [2.75, 3.05) is 11.9 Å². The molecule has 0 unspecified atom stereocenters. The number of halogens is 1. The van der Waals surface area contributed by atoms with E-state index in [9.17, 15) is 19.5 Å². The average molecular weight is 877 g/mol. The molecular formula is C46H54BrNO11. The van der Waals surface area contributed by atoms with E-state index in [4.69, 9.17) is 32.8 Å². The minimum atomic E-state index is -1.95. The summed E-state index contributed by atoms with van der Waals surface area (Å²) in [5.74, 6) is -3.54. The first-order valence-corrected chi connectivity index (χ1v) is 21.3. The van der Waals surface area contributed by atoms with Gasteiger partial charge in [-0.3, -0.25) is 10.1 Å². The van der Waals surface area contributed by atoms with Crippen LogP contribution in [0.25, 0.3) is 0 Å². The molecule has 1 amide bonds. The van der Waals surface area contributed by atoms with E-state index in [-0.39, 0.29) is 42.6 Å². The summed E-state index contributed by atoms with van der Waals surface area (Å²) in [5.41, 5.74) is 0.297. The van der Waals surface area contributed by atoms with Gasteiger partial charge < -0.3 is 37.9 Å². The van der Waals surface area contributed by atoms with E-state index in [1.165, 1.54) is 0 Å². The minimum absolute atomic E-state index is 0.0497. The fraction of sp³-hybridized carbons (Fsp3) is 0.500. The van der Waals surface area contributed by atoms with Crippen molar-refractivity contribution in [1.82, 2.24) is 0 Å². The highest BCUT2D eigenvalue weighted by Gasteiger charge is 2.61. The zero-order chi connectivity index (χ0) is 42.1. The number of hydrogen-bond donors (Lipinski definition) is 2. The molecule has 5 heterocycles. The molecule has 0 radical (unpaired) electrons. The van der Waals surface area contributed by atoms with Crippen molar-refractivity contribution < 1.29 is 52.3 Å². The van der Waals surface area contributed by atoms with Gasteiger partial charge in [0.2, 0.25) is 5.76 Å². The van der Waals surface area contributed by atoms with Crippen molar-refractivity contribution in [3.05, 3.63) is 112 Å². The van der Waals surface area contributed by atoms with Crippen molar-refractivity contribution in [1.29, 1.82) is 0 Å². The number of anilines is 1. The van der Waals surface area contributed by atoms with E-state index < -0.39 is 65.9 Å². The SMILES string of the molecule is CC[C@H](C)[C@H]1O[C@]2(C=C[C@@H]1C)C[C@@H]1C[C@@H](C/C=C(\C)[C@@H](OC(=O)c3ccc(Br)o3)[C@@H](C)/C=C/C=C3\CO[C@@H]4[C@H](OC(=O)Nc5ccccc5)C(C)=C[C@@H](C(=O)O1)[C@]34O)O2. The average Bonchev–Trinajstić information content (AvgIpc) is 3.80. The number of aliphatic hydroxyl groups is 1. The maximum Gasteiger partial charge on any atom is 0.412 e. The van der Waals surface area contributed by atoms with Crippen LogP contribution in [0.4, 0.5) is 10.5 Å². The van der Waals surface area contributed by atoms with Gasteiger partial charge in [0.15, 0.2) is 16.6 Å². The Balaban J connectivity index is 1.26. The molecule has 2 bridgehead atoms. The first-order chi connectivity index (χ1) is 28.2. The number of benzene rings is 1. The molecule has 1 spiro atoms. The van der Waals surface area contributed by atoms with Gasteiger partial charge in [-0.2, -0.15) is 0 Å². The highest BCUT2D eigenvalue weighted by molar-refractivity contribution is 9.10. The predicted octanol–water partition coefficient (Wildman–Crippen LogP) is 8.78. The molecule has 0 saturated carbocycles. The number of nitrogens with one attached hydrogen (secondary N) is 1. The van der Waals surface area contributed by atoms with Crippen LogP contribution in [0, 0.1) is 23.7 Å². The number of esters is 2. The van der Waals surface area contributed by atoms with Crippen molar-refractivity contribution in [2.45, 2.75) is 115 Å². The van der Waals surface area contributed by atoms with Crippen molar-refractivity contribution >= 4 is 39.6 Å². The molecule has 5 aliphatic rings. The molecule has 2 fully saturated rings. The summed E-state index contributed by atoms with van der Waals surface area (Å²) in [5, 5.41) is 15.6. The van der Waals surface area contributed by atoms with Crippen LogP contribution in [0.3, 0.4) is 0 Å². The molecule has 2 saturated heterocycles. The van der Waals surface area contributed by atoms with E-state index in [1.54, 1.807) is 61.5 Å². The maximum absolute atomic E-state index is 14.6. The van der Waals surface area contributed by atoms with Crippen LogP contribution in [0.2, 0.25) is 0 Å². The lowest BCUT2D eigenvalue weighted by Gasteiger charge is -2.48. The van der Waals surface area contributed by atoms with Gasteiger partial charge in [-0.25, -0.2) is 9.59 Å². The Labute approximate surface area is 353 Å². The van der Waals surface area contributed by atoms with Gasteiger partial charge in [0, 0.05) is 30.4 Å². The lowest BCUT2D eigenvalue weighted by atomic mass is 9.70. The van der Waals surface area contributed by atoms with E-state index in [2.05, 4.69) is 48.1 Å². The van der Waals surface area contributed by atoms with E-state index in [0.29, 0.717) is 34.3 Å². The summed E-state index contributed by atoms with van der Waals surface area (Å²) in [6, 6.07) is 12.0. The number of carbonyl (C=O) groups is 3. The third kappa shape index (κ3) is 9.10. The van der Waals surface area contributed by atoms with Gasteiger partial charge in [-0.05, 0) is 89.2 Å². The van der Waals surface area contributed by atoms with Crippen LogP contribution in [0.5, 0.6) is 0 Å². The number of amides is 1. The number of furan rings is 1. The topological polar surface area (TPSA) is 152 Å². The summed E-state index contributed by atoms with van der Waals surface area (Å²) in [6.07, 6.45) is 10.1. The maximum atomic E-state index is 14.6. The quantitative estimate of drug-likeness (QED) is 0.163. The van der Waals surface area contributed by atoms with Crippen molar-refractivity contribution in [2.24, 2.45) is 23.7 Å². The van der Waals surface area contributed by atoms with Gasteiger partial charge in [-0.15, -0.1) is 0 Å². The summed E-state index contributed by atoms with van der Waals surface area (Å²) in [6.45, 7) is 11.9. The largest absolute Gasteiger partial charge is 0.462 e. The van der Waals surface area contributed by atoms with Crippen LogP contribution < -0.4 is 5.32 Å². The Morgan fingerprint density at radius 1 is 1.00 bits per heavy atom. The second kappa shape index (κ2) is 17.8. The number of ether oxygens (including phenoxy) is 6. The zero-order valence-corrected chi connectivity index (χ0v) is 35.9. The molecule has 59 heavy (non-hydrogen) atoms. The van der Waals surface area contributed by atoms with E-state index >= 15 is 0 Å². The number of hydrogen-bond acceptors (Lipinski definition) is 11. The molecular weight excluding hydrogens is 822 g/mol. The highest BCUT2D eigenvalue weighted by Crippen LogP contribution is 2.48. The number of allylic oxidation sites excluding steroid dienone is 2. The Bertz CT molecular complexity index is 2040. The van der Waals surface area contributed by atoms with Crippen LogP contribution in [0.1, 0.15) is 77.8 Å². The molecule has 7 rings (SSSR count). The fourth-order valence-electron chi connectivity index (χ4n) is 8.86. The third-order valence-electron chi connectivity index (χ3n) is 12.3.